The van der Waals surface area contributed by atoms with E-state index in [4.69, 9.17) is 0 Å². The molecule has 0 spiro atoms. The molecule has 0 radical (unpaired) electrons. The van der Waals surface area contributed by atoms with Crippen molar-refractivity contribution in [2.45, 2.75) is 64.8 Å². The fraction of sp³-hybridized carbons (Fsp3) is 0.440. The molecule has 1 aliphatic rings. The van der Waals surface area contributed by atoms with Gasteiger partial charge >= 0.3 is 0 Å². The fourth-order valence-corrected chi connectivity index (χ4v) is 4.03. The number of aryl methyl sites for hydroxylation is 1. The first kappa shape index (κ1) is 21.1. The smallest absolute Gasteiger partial charge is 0.224 e. The minimum absolute atomic E-state index is 0.0104. The van der Waals surface area contributed by atoms with Gasteiger partial charge in [-0.05, 0) is 59.9 Å². The monoisotopic (exact) mass is 392 g/mol. The summed E-state index contributed by atoms with van der Waals surface area (Å²) < 4.78 is 0. The van der Waals surface area contributed by atoms with Crippen molar-refractivity contribution in [2.75, 3.05) is 5.32 Å². The molecule has 0 aromatic heterocycles. The second kappa shape index (κ2) is 9.73. The van der Waals surface area contributed by atoms with E-state index in [1.54, 1.807) is 0 Å². The van der Waals surface area contributed by atoms with E-state index < -0.39 is 0 Å². The van der Waals surface area contributed by atoms with Gasteiger partial charge in [0.15, 0.2) is 0 Å². The maximum absolute atomic E-state index is 12.5. The maximum atomic E-state index is 12.5. The van der Waals surface area contributed by atoms with Gasteiger partial charge in [0.25, 0.3) is 0 Å². The molecule has 2 aromatic carbocycles. The summed E-state index contributed by atoms with van der Waals surface area (Å²) in [4.78, 5) is 24.9. The number of carbonyl (C=O) groups is 2. The molecule has 0 bridgehead atoms. The highest BCUT2D eigenvalue weighted by Crippen LogP contribution is 2.29. The highest BCUT2D eigenvalue weighted by Gasteiger charge is 2.22. The Labute approximate surface area is 174 Å². The van der Waals surface area contributed by atoms with Crippen LogP contribution in [0.4, 0.5) is 5.69 Å². The van der Waals surface area contributed by atoms with Gasteiger partial charge in [0.05, 0.1) is 6.04 Å². The summed E-state index contributed by atoms with van der Waals surface area (Å²) in [7, 11) is 0. The lowest BCUT2D eigenvalue weighted by atomic mass is 9.87. The molecule has 2 aromatic rings. The summed E-state index contributed by atoms with van der Waals surface area (Å²) in [6, 6.07) is 16.4. The number of carbonyl (C=O) groups excluding carboxylic acids is 2. The van der Waals surface area contributed by atoms with Crippen LogP contribution in [0.25, 0.3) is 0 Å². The van der Waals surface area contributed by atoms with Gasteiger partial charge in [-0.25, -0.2) is 0 Å². The highest BCUT2D eigenvalue weighted by molar-refractivity contribution is 5.91. The molecule has 29 heavy (non-hydrogen) atoms. The van der Waals surface area contributed by atoms with E-state index in [-0.39, 0.29) is 23.8 Å². The number of anilines is 1. The molecule has 0 saturated carbocycles. The third kappa shape index (κ3) is 5.93. The van der Waals surface area contributed by atoms with Crippen LogP contribution in [0, 0.1) is 5.92 Å². The minimum Gasteiger partial charge on any atom is -0.349 e. The van der Waals surface area contributed by atoms with Crippen molar-refractivity contribution in [3.05, 3.63) is 65.2 Å². The topological polar surface area (TPSA) is 58.2 Å². The molecule has 0 heterocycles. The van der Waals surface area contributed by atoms with Crippen molar-refractivity contribution in [3.63, 3.8) is 0 Å². The summed E-state index contributed by atoms with van der Waals surface area (Å²) in [5.74, 6) is 0.428. The van der Waals surface area contributed by atoms with Crippen LogP contribution in [0.1, 0.15) is 75.1 Å². The predicted octanol–water partition coefficient (Wildman–Crippen LogP) is 5.36. The van der Waals surface area contributed by atoms with Crippen molar-refractivity contribution in [2.24, 2.45) is 5.92 Å². The Morgan fingerprint density at radius 3 is 2.38 bits per heavy atom. The van der Waals surface area contributed by atoms with Crippen LogP contribution in [0.3, 0.4) is 0 Å². The summed E-state index contributed by atoms with van der Waals surface area (Å²) in [5.41, 5.74) is 4.62. The zero-order valence-corrected chi connectivity index (χ0v) is 17.7. The van der Waals surface area contributed by atoms with Crippen molar-refractivity contribution in [3.8, 4) is 0 Å². The third-order valence-electron chi connectivity index (χ3n) is 5.63. The summed E-state index contributed by atoms with van der Waals surface area (Å²) >= 11 is 0. The molecule has 2 amide bonds. The summed E-state index contributed by atoms with van der Waals surface area (Å²) in [6.45, 7) is 6.24. The molecule has 4 heteroatoms. The molecule has 0 aliphatic heterocycles. The molecule has 2 N–H and O–H groups in total. The summed E-state index contributed by atoms with van der Waals surface area (Å²) in [6.07, 6.45) is 3.84. The van der Waals surface area contributed by atoms with E-state index in [2.05, 4.69) is 42.7 Å². The Hall–Kier alpha value is -2.62. The Morgan fingerprint density at radius 1 is 0.966 bits per heavy atom. The molecular weight excluding hydrogens is 360 g/mol. The number of hydrogen-bond donors (Lipinski definition) is 2. The standard InChI is InChI=1S/C25H32N2O2/c1-17(2)19-11-13-21(14-12-19)26-24(28)15-18(3)16-25(29)27-23-10-6-8-20-7-4-5-9-22(20)23/h4-5,7,9,11-14,17-18,23H,6,8,10,15-16H2,1-3H3,(H,26,28)(H,27,29). The molecule has 2 atom stereocenters. The lowest BCUT2D eigenvalue weighted by molar-refractivity contribution is -0.123. The van der Waals surface area contributed by atoms with Gasteiger partial charge in [0, 0.05) is 18.5 Å². The quantitative estimate of drug-likeness (QED) is 0.666. The first-order valence-corrected chi connectivity index (χ1v) is 10.7. The first-order valence-electron chi connectivity index (χ1n) is 10.7. The summed E-state index contributed by atoms with van der Waals surface area (Å²) in [5, 5.41) is 6.11. The zero-order valence-electron chi connectivity index (χ0n) is 17.7. The minimum atomic E-state index is -0.0504. The Kier molecular flexibility index (Phi) is 7.08. The molecule has 1 aliphatic carbocycles. The Balaban J connectivity index is 1.47. The maximum Gasteiger partial charge on any atom is 0.224 e. The third-order valence-corrected chi connectivity index (χ3v) is 5.63. The van der Waals surface area contributed by atoms with Gasteiger partial charge in [0.1, 0.15) is 0 Å². The van der Waals surface area contributed by atoms with Gasteiger partial charge in [-0.2, -0.15) is 0 Å². The second-order valence-electron chi connectivity index (χ2n) is 8.55. The lowest BCUT2D eigenvalue weighted by Gasteiger charge is -2.26. The van der Waals surface area contributed by atoms with Crippen molar-refractivity contribution in [1.82, 2.24) is 5.32 Å². The highest BCUT2D eigenvalue weighted by atomic mass is 16.2. The van der Waals surface area contributed by atoms with E-state index in [0.717, 1.165) is 24.9 Å². The first-order chi connectivity index (χ1) is 13.9. The zero-order chi connectivity index (χ0) is 20.8. The van der Waals surface area contributed by atoms with E-state index in [9.17, 15) is 9.59 Å². The largest absolute Gasteiger partial charge is 0.349 e. The average Bonchev–Trinajstić information content (AvgIpc) is 2.68. The van der Waals surface area contributed by atoms with Crippen molar-refractivity contribution >= 4 is 17.5 Å². The number of nitrogens with one attached hydrogen (secondary N) is 2. The molecule has 0 fully saturated rings. The van der Waals surface area contributed by atoms with Crippen LogP contribution >= 0.6 is 0 Å². The fourth-order valence-electron chi connectivity index (χ4n) is 4.03. The number of benzene rings is 2. The lowest BCUT2D eigenvalue weighted by Crippen LogP contribution is -2.32. The van der Waals surface area contributed by atoms with Gasteiger partial charge in [-0.15, -0.1) is 0 Å². The number of amides is 2. The molecule has 0 saturated heterocycles. The van der Waals surface area contributed by atoms with Crippen molar-refractivity contribution < 1.29 is 9.59 Å². The average molecular weight is 393 g/mol. The van der Waals surface area contributed by atoms with Gasteiger partial charge in [-0.3, -0.25) is 9.59 Å². The predicted molar refractivity (Wildman–Crippen MR) is 118 cm³/mol. The Bertz CT molecular complexity index is 842. The van der Waals surface area contributed by atoms with Gasteiger partial charge in [-0.1, -0.05) is 57.2 Å². The molecule has 2 unspecified atom stereocenters. The van der Waals surface area contributed by atoms with Crippen LogP contribution in [0.2, 0.25) is 0 Å². The van der Waals surface area contributed by atoms with E-state index >= 15 is 0 Å². The number of rotatable bonds is 7. The molecular formula is C25H32N2O2. The van der Waals surface area contributed by atoms with Gasteiger partial charge < -0.3 is 10.6 Å². The van der Waals surface area contributed by atoms with E-state index in [1.165, 1.54) is 16.7 Å². The number of hydrogen-bond acceptors (Lipinski definition) is 2. The van der Waals surface area contributed by atoms with Crippen LogP contribution < -0.4 is 10.6 Å². The normalized spacial score (nSPS) is 16.8. The molecule has 154 valence electrons. The van der Waals surface area contributed by atoms with Crippen LogP contribution in [-0.2, 0) is 16.0 Å². The molecule has 3 rings (SSSR count). The van der Waals surface area contributed by atoms with Crippen LogP contribution in [0.15, 0.2) is 48.5 Å². The van der Waals surface area contributed by atoms with Crippen LogP contribution in [0.5, 0.6) is 0 Å². The second-order valence-corrected chi connectivity index (χ2v) is 8.55. The van der Waals surface area contributed by atoms with Crippen molar-refractivity contribution in [1.29, 1.82) is 0 Å². The number of fused-ring (bicyclic) bond motifs is 1. The van der Waals surface area contributed by atoms with E-state index in [1.807, 2.05) is 37.3 Å². The molecule has 4 nitrogen and oxygen atoms in total. The SMILES string of the molecule is CC(CC(=O)Nc1ccc(C(C)C)cc1)CC(=O)NC1CCCc2ccccc21. The van der Waals surface area contributed by atoms with Gasteiger partial charge in [0.2, 0.25) is 11.8 Å². The van der Waals surface area contributed by atoms with E-state index in [0.29, 0.717) is 18.8 Å². The van der Waals surface area contributed by atoms with Crippen LogP contribution in [-0.4, -0.2) is 11.8 Å². The Morgan fingerprint density at radius 2 is 1.66 bits per heavy atom.